The molecule has 0 spiro atoms. The molecule has 5 heteroatoms. The summed E-state index contributed by atoms with van der Waals surface area (Å²) in [5, 5.41) is 0. The highest BCUT2D eigenvalue weighted by molar-refractivity contribution is 5.98. The van der Waals surface area contributed by atoms with Gasteiger partial charge in [-0.2, -0.15) is 0 Å². The number of carbonyl (C=O) groups excluding carboxylic acids is 1. The van der Waals surface area contributed by atoms with Crippen LogP contribution in [0.1, 0.15) is 60.8 Å². The van der Waals surface area contributed by atoms with E-state index in [1.807, 2.05) is 35.2 Å². The Kier molecular flexibility index (Phi) is 6.67. The van der Waals surface area contributed by atoms with Crippen LogP contribution in [0, 0.1) is 0 Å². The summed E-state index contributed by atoms with van der Waals surface area (Å²) in [7, 11) is 1.67. The van der Waals surface area contributed by atoms with Crippen LogP contribution in [0.5, 0.6) is 17.2 Å². The summed E-state index contributed by atoms with van der Waals surface area (Å²) in [4.78, 5) is 16.1. The van der Waals surface area contributed by atoms with Crippen LogP contribution in [-0.2, 0) is 17.8 Å². The molecule has 1 atom stereocenters. The van der Waals surface area contributed by atoms with Crippen molar-refractivity contribution in [2.45, 2.75) is 51.5 Å². The number of ether oxygens (including phenoxy) is 3. The van der Waals surface area contributed by atoms with Gasteiger partial charge in [0.05, 0.1) is 19.6 Å². The Bertz CT molecular complexity index is 1200. The zero-order valence-corrected chi connectivity index (χ0v) is 20.8. The van der Waals surface area contributed by atoms with Crippen LogP contribution in [-0.4, -0.2) is 26.2 Å². The highest BCUT2D eigenvalue weighted by Crippen LogP contribution is 2.38. The van der Waals surface area contributed by atoms with Crippen molar-refractivity contribution in [3.05, 3.63) is 82.9 Å². The number of anilines is 1. The van der Waals surface area contributed by atoms with Crippen molar-refractivity contribution >= 4 is 11.6 Å². The number of rotatable bonds is 6. The number of methoxy groups -OCH3 is 1. The lowest BCUT2D eigenvalue weighted by atomic mass is 9.81. The molecule has 3 aromatic carbocycles. The monoisotopic (exact) mass is 471 g/mol. The van der Waals surface area contributed by atoms with Gasteiger partial charge >= 0.3 is 0 Å². The van der Waals surface area contributed by atoms with Crippen molar-refractivity contribution in [1.29, 1.82) is 0 Å². The Morgan fingerprint density at radius 1 is 1.00 bits per heavy atom. The van der Waals surface area contributed by atoms with E-state index in [0.717, 1.165) is 53.3 Å². The van der Waals surface area contributed by atoms with E-state index in [9.17, 15) is 4.79 Å². The van der Waals surface area contributed by atoms with Crippen molar-refractivity contribution in [3.8, 4) is 17.2 Å². The summed E-state index contributed by atoms with van der Waals surface area (Å²) in [6.45, 7) is 5.92. The fraction of sp³-hybridized carbons (Fsp3) is 0.367. The summed E-state index contributed by atoms with van der Waals surface area (Å²) in [6, 6.07) is 20.5. The molecule has 182 valence electrons. The fourth-order valence-electron chi connectivity index (χ4n) is 5.05. The average Bonchev–Trinajstić information content (AvgIpc) is 2.90. The second kappa shape index (κ2) is 10.0. The first-order valence-corrected chi connectivity index (χ1v) is 12.5. The molecule has 5 rings (SSSR count). The lowest BCUT2D eigenvalue weighted by Crippen LogP contribution is -2.36. The highest BCUT2D eigenvalue weighted by atomic mass is 16.6. The topological polar surface area (TPSA) is 48.0 Å². The lowest BCUT2D eigenvalue weighted by molar-refractivity contribution is -0.120. The minimum Gasteiger partial charge on any atom is -0.497 e. The molecule has 0 saturated heterocycles. The van der Waals surface area contributed by atoms with E-state index in [1.165, 1.54) is 11.1 Å². The summed E-state index contributed by atoms with van der Waals surface area (Å²) in [5.74, 6) is 2.64. The fourth-order valence-corrected chi connectivity index (χ4v) is 5.05. The molecule has 0 saturated carbocycles. The number of benzene rings is 3. The zero-order valence-electron chi connectivity index (χ0n) is 20.8. The standard InChI is InChI=1S/C30H33NO4/c1-20(2)22-8-11-24(12-9-22)31(19-21-7-14-28-29(17-21)35-16-15-34-28)30(32)26-6-4-5-23-10-13-25(33-3)18-27(23)26/h7-14,17-18,20,26H,4-6,15-16,19H2,1-3H3. The molecule has 0 aromatic heterocycles. The number of carbonyl (C=O) groups is 1. The quantitative estimate of drug-likeness (QED) is 0.427. The van der Waals surface area contributed by atoms with E-state index in [-0.39, 0.29) is 11.8 Å². The van der Waals surface area contributed by atoms with Crippen LogP contribution < -0.4 is 19.1 Å². The molecule has 0 fully saturated rings. The first-order chi connectivity index (χ1) is 17.0. The molecule has 1 unspecified atom stereocenters. The van der Waals surface area contributed by atoms with Crippen LogP contribution in [0.4, 0.5) is 5.69 Å². The summed E-state index contributed by atoms with van der Waals surface area (Å²) in [6.07, 6.45) is 2.83. The number of fused-ring (bicyclic) bond motifs is 2. The highest BCUT2D eigenvalue weighted by Gasteiger charge is 2.31. The molecule has 0 bridgehead atoms. The molecule has 3 aromatic rings. The predicted molar refractivity (Wildman–Crippen MR) is 138 cm³/mol. The largest absolute Gasteiger partial charge is 0.497 e. The Balaban J connectivity index is 1.51. The molecular weight excluding hydrogens is 438 g/mol. The van der Waals surface area contributed by atoms with Crippen molar-refractivity contribution in [2.75, 3.05) is 25.2 Å². The van der Waals surface area contributed by atoms with Crippen LogP contribution in [0.3, 0.4) is 0 Å². The van der Waals surface area contributed by atoms with E-state index in [4.69, 9.17) is 14.2 Å². The normalized spacial score (nSPS) is 16.5. The molecule has 0 radical (unpaired) electrons. The molecule has 1 aliphatic carbocycles. The first-order valence-electron chi connectivity index (χ1n) is 12.5. The smallest absolute Gasteiger partial charge is 0.234 e. The van der Waals surface area contributed by atoms with E-state index in [0.29, 0.717) is 25.7 Å². The summed E-state index contributed by atoms with van der Waals surface area (Å²) < 4.78 is 17.0. The van der Waals surface area contributed by atoms with E-state index >= 15 is 0 Å². The van der Waals surface area contributed by atoms with Crippen molar-refractivity contribution in [3.63, 3.8) is 0 Å². The van der Waals surface area contributed by atoms with Gasteiger partial charge in [-0.15, -0.1) is 0 Å². The van der Waals surface area contributed by atoms with Crippen molar-refractivity contribution in [1.82, 2.24) is 0 Å². The molecule has 2 aliphatic rings. The third kappa shape index (κ3) is 4.86. The van der Waals surface area contributed by atoms with Crippen molar-refractivity contribution < 1.29 is 19.0 Å². The second-order valence-electron chi connectivity index (χ2n) is 9.66. The second-order valence-corrected chi connectivity index (χ2v) is 9.66. The molecular formula is C30H33NO4. The van der Waals surface area contributed by atoms with Gasteiger partial charge in [0, 0.05) is 5.69 Å². The maximum atomic E-state index is 14.2. The Labute approximate surface area is 207 Å². The van der Waals surface area contributed by atoms with Gasteiger partial charge in [0.25, 0.3) is 0 Å². The predicted octanol–water partition coefficient (Wildman–Crippen LogP) is 6.24. The molecule has 5 nitrogen and oxygen atoms in total. The van der Waals surface area contributed by atoms with Crippen LogP contribution in [0.15, 0.2) is 60.7 Å². The van der Waals surface area contributed by atoms with Crippen LogP contribution in [0.25, 0.3) is 0 Å². The molecule has 35 heavy (non-hydrogen) atoms. The first kappa shape index (κ1) is 23.3. The van der Waals surface area contributed by atoms with Gasteiger partial charge < -0.3 is 19.1 Å². The molecule has 0 N–H and O–H groups in total. The van der Waals surface area contributed by atoms with Gasteiger partial charge in [0.1, 0.15) is 19.0 Å². The van der Waals surface area contributed by atoms with Gasteiger partial charge in [-0.05, 0) is 83.8 Å². The minimum absolute atomic E-state index is 0.117. The van der Waals surface area contributed by atoms with Gasteiger partial charge in [-0.3, -0.25) is 4.79 Å². The summed E-state index contributed by atoms with van der Waals surface area (Å²) >= 11 is 0. The van der Waals surface area contributed by atoms with Gasteiger partial charge in [-0.25, -0.2) is 0 Å². The zero-order chi connectivity index (χ0) is 24.4. The number of amides is 1. The number of hydrogen-bond acceptors (Lipinski definition) is 4. The summed E-state index contributed by atoms with van der Waals surface area (Å²) in [5.41, 5.74) is 5.51. The lowest BCUT2D eigenvalue weighted by Gasteiger charge is -2.32. The molecule has 1 amide bonds. The third-order valence-electron chi connectivity index (χ3n) is 7.05. The molecule has 1 aliphatic heterocycles. The van der Waals surface area contributed by atoms with E-state index in [1.54, 1.807) is 7.11 Å². The van der Waals surface area contributed by atoms with Gasteiger partial charge in [0.15, 0.2) is 11.5 Å². The van der Waals surface area contributed by atoms with Crippen LogP contribution >= 0.6 is 0 Å². The van der Waals surface area contributed by atoms with Crippen LogP contribution in [0.2, 0.25) is 0 Å². The van der Waals surface area contributed by atoms with Crippen molar-refractivity contribution in [2.24, 2.45) is 0 Å². The number of hydrogen-bond donors (Lipinski definition) is 0. The van der Waals surface area contributed by atoms with Gasteiger partial charge in [-0.1, -0.05) is 38.1 Å². The maximum Gasteiger partial charge on any atom is 0.234 e. The Hall–Kier alpha value is -3.47. The average molecular weight is 472 g/mol. The SMILES string of the molecule is COc1ccc2c(c1)C(C(=O)N(Cc1ccc3c(c1)OCCO3)c1ccc(C(C)C)cc1)CCC2. The Morgan fingerprint density at radius 3 is 2.51 bits per heavy atom. The minimum atomic E-state index is -0.198. The van der Waals surface area contributed by atoms with E-state index < -0.39 is 0 Å². The van der Waals surface area contributed by atoms with Gasteiger partial charge in [0.2, 0.25) is 5.91 Å². The number of nitrogens with zero attached hydrogens (tertiary/aromatic N) is 1. The molecule has 1 heterocycles. The third-order valence-corrected chi connectivity index (χ3v) is 7.05. The number of aryl methyl sites for hydroxylation is 1. The maximum absolute atomic E-state index is 14.2. The Morgan fingerprint density at radius 2 is 1.77 bits per heavy atom. The van der Waals surface area contributed by atoms with E-state index in [2.05, 4.69) is 44.2 Å².